The van der Waals surface area contributed by atoms with Gasteiger partial charge in [0.05, 0.1) is 0 Å². The number of rotatable bonds is 6. The number of nitrogens with zero attached hydrogens (tertiary/aromatic N) is 3. The maximum atomic E-state index is 8.93. The molecular formula is C26H40ClN3O. The molecule has 3 fully saturated rings. The molecule has 1 aromatic rings. The lowest BCUT2D eigenvalue weighted by Gasteiger charge is -2.46. The minimum Gasteiger partial charge on any atom is -0.479 e. The number of hydrogen-bond acceptors (Lipinski definition) is 4. The number of nitriles is 1. The van der Waals surface area contributed by atoms with Crippen molar-refractivity contribution in [2.24, 2.45) is 16.7 Å². The van der Waals surface area contributed by atoms with Crippen LogP contribution >= 0.6 is 12.4 Å². The molecule has 31 heavy (non-hydrogen) atoms. The molecule has 0 N–H and O–H groups in total. The minimum atomic E-state index is 0. The van der Waals surface area contributed by atoms with E-state index in [1.807, 2.05) is 0 Å². The van der Waals surface area contributed by atoms with Crippen molar-refractivity contribution in [2.75, 3.05) is 44.2 Å². The van der Waals surface area contributed by atoms with E-state index in [0.29, 0.717) is 16.7 Å². The second-order valence-corrected chi connectivity index (χ2v) is 11.5. The Morgan fingerprint density at radius 2 is 1.68 bits per heavy atom. The highest BCUT2D eigenvalue weighted by Gasteiger charge is 2.40. The molecule has 5 heteroatoms. The van der Waals surface area contributed by atoms with Crippen LogP contribution in [-0.4, -0.2) is 44.2 Å². The molecule has 1 heterocycles. The van der Waals surface area contributed by atoms with Crippen LogP contribution in [0.5, 0.6) is 5.75 Å². The van der Waals surface area contributed by atoms with Crippen LogP contribution in [0.4, 0.5) is 5.69 Å². The van der Waals surface area contributed by atoms with Crippen LogP contribution in [0.1, 0.15) is 71.3 Å². The summed E-state index contributed by atoms with van der Waals surface area (Å²) >= 11 is 0. The molecule has 0 aromatic heterocycles. The van der Waals surface area contributed by atoms with Gasteiger partial charge >= 0.3 is 0 Å². The normalized spacial score (nSPS) is 23.6. The summed E-state index contributed by atoms with van der Waals surface area (Å²) in [6, 6.07) is 8.68. The fraction of sp³-hybridized carbons (Fsp3) is 0.731. The van der Waals surface area contributed by atoms with Gasteiger partial charge in [0, 0.05) is 44.5 Å². The molecule has 0 radical (unpaired) electrons. The summed E-state index contributed by atoms with van der Waals surface area (Å²) < 4.78 is 5.69. The predicted molar refractivity (Wildman–Crippen MR) is 130 cm³/mol. The highest BCUT2D eigenvalue weighted by Crippen LogP contribution is 2.53. The first-order valence-corrected chi connectivity index (χ1v) is 11.9. The van der Waals surface area contributed by atoms with Gasteiger partial charge in [-0.15, -0.1) is 12.4 Å². The Morgan fingerprint density at radius 3 is 2.26 bits per heavy atom. The Kier molecular flexibility index (Phi) is 7.49. The molecule has 1 saturated heterocycles. The van der Waals surface area contributed by atoms with Crippen molar-refractivity contribution in [3.63, 3.8) is 0 Å². The molecule has 2 aliphatic carbocycles. The first-order valence-electron chi connectivity index (χ1n) is 11.9. The van der Waals surface area contributed by atoms with E-state index in [4.69, 9.17) is 10.00 Å². The van der Waals surface area contributed by atoms with Gasteiger partial charge in [-0.05, 0) is 66.4 Å². The van der Waals surface area contributed by atoms with E-state index in [9.17, 15) is 0 Å². The lowest BCUT2D eigenvalue weighted by atomic mass is 9.60. The molecule has 4 nitrogen and oxygen atoms in total. The minimum absolute atomic E-state index is 0. The summed E-state index contributed by atoms with van der Waals surface area (Å²) in [5.74, 6) is 2.36. The first-order chi connectivity index (χ1) is 14.2. The summed E-state index contributed by atoms with van der Waals surface area (Å²) in [6.45, 7) is 15.6. The average molecular weight is 446 g/mol. The maximum absolute atomic E-state index is 8.93. The van der Waals surface area contributed by atoms with Crippen molar-refractivity contribution >= 4 is 18.1 Å². The van der Waals surface area contributed by atoms with Crippen molar-refractivity contribution in [3.05, 3.63) is 23.8 Å². The highest BCUT2D eigenvalue weighted by molar-refractivity contribution is 5.85. The van der Waals surface area contributed by atoms with Crippen LogP contribution in [0.2, 0.25) is 0 Å². The topological polar surface area (TPSA) is 39.5 Å². The van der Waals surface area contributed by atoms with Crippen LogP contribution in [0, 0.1) is 28.1 Å². The quantitative estimate of drug-likeness (QED) is 0.549. The lowest BCUT2D eigenvalue weighted by molar-refractivity contribution is 0.0969. The number of halogens is 1. The van der Waals surface area contributed by atoms with Gasteiger partial charge < -0.3 is 9.64 Å². The fourth-order valence-corrected chi connectivity index (χ4v) is 6.25. The molecule has 0 atom stereocenters. The number of ether oxygens (including phenoxy) is 1. The highest BCUT2D eigenvalue weighted by atomic mass is 35.5. The van der Waals surface area contributed by atoms with Crippen molar-refractivity contribution in [3.8, 4) is 11.8 Å². The van der Waals surface area contributed by atoms with Crippen LogP contribution in [-0.2, 0) is 0 Å². The van der Waals surface area contributed by atoms with Crippen molar-refractivity contribution in [1.29, 1.82) is 5.26 Å². The smallest absolute Gasteiger partial charge is 0.174 e. The van der Waals surface area contributed by atoms with E-state index in [-0.39, 0.29) is 19.0 Å². The Labute approximate surface area is 195 Å². The molecule has 0 spiro atoms. The molecule has 1 aliphatic heterocycles. The zero-order chi connectivity index (χ0) is 21.4. The van der Waals surface area contributed by atoms with Crippen molar-refractivity contribution in [1.82, 2.24) is 4.90 Å². The van der Waals surface area contributed by atoms with Crippen molar-refractivity contribution in [2.45, 2.75) is 65.7 Å². The van der Waals surface area contributed by atoms with Gasteiger partial charge in [0.15, 0.2) is 6.61 Å². The average Bonchev–Trinajstić information content (AvgIpc) is 3.48. The van der Waals surface area contributed by atoms with Crippen LogP contribution in [0.15, 0.2) is 18.2 Å². The van der Waals surface area contributed by atoms with Crippen molar-refractivity contribution < 1.29 is 4.74 Å². The third-order valence-corrected chi connectivity index (χ3v) is 7.23. The Balaban J connectivity index is 0.00000272. The standard InChI is InChI=1S/C26H39N3O.ClH/c1-25(2)16-21(17-26(3,4)19-25)23-8-7-22(30-14-9-27)15-24(23)29-12-10-28(11-13-29)18-20-5-6-20;/h7-8,15,20-21H,5-6,10-14,16-19H2,1-4H3;1H. The largest absolute Gasteiger partial charge is 0.479 e. The second kappa shape index (κ2) is 9.59. The molecule has 0 amide bonds. The van der Waals surface area contributed by atoms with Gasteiger partial charge in [-0.3, -0.25) is 4.90 Å². The Hall–Kier alpha value is -1.44. The van der Waals surface area contributed by atoms with E-state index >= 15 is 0 Å². The third kappa shape index (κ3) is 6.30. The molecule has 172 valence electrons. The van der Waals surface area contributed by atoms with E-state index < -0.39 is 0 Å². The fourth-order valence-electron chi connectivity index (χ4n) is 6.25. The van der Waals surface area contributed by atoms with Gasteiger partial charge in [0.2, 0.25) is 0 Å². The molecule has 0 bridgehead atoms. The van der Waals surface area contributed by atoms with Crippen LogP contribution < -0.4 is 9.64 Å². The Bertz CT molecular complexity index is 772. The third-order valence-electron chi connectivity index (χ3n) is 7.23. The molecule has 0 unspecified atom stereocenters. The number of hydrogen-bond donors (Lipinski definition) is 0. The lowest BCUT2D eigenvalue weighted by Crippen LogP contribution is -2.47. The van der Waals surface area contributed by atoms with E-state index in [1.165, 1.54) is 49.9 Å². The molecular weight excluding hydrogens is 406 g/mol. The molecule has 3 aliphatic rings. The van der Waals surface area contributed by atoms with Crippen LogP contribution in [0.25, 0.3) is 0 Å². The number of benzene rings is 1. The van der Waals surface area contributed by atoms with E-state index in [0.717, 1.165) is 37.8 Å². The van der Waals surface area contributed by atoms with Gasteiger partial charge in [0.1, 0.15) is 11.8 Å². The van der Waals surface area contributed by atoms with E-state index in [2.05, 4.69) is 61.8 Å². The predicted octanol–water partition coefficient (Wildman–Crippen LogP) is 5.86. The van der Waals surface area contributed by atoms with Gasteiger partial charge in [0.25, 0.3) is 0 Å². The van der Waals surface area contributed by atoms with E-state index in [1.54, 1.807) is 0 Å². The first kappa shape index (κ1) is 24.2. The monoisotopic (exact) mass is 445 g/mol. The SMILES string of the molecule is CC1(C)CC(c2ccc(OCC#N)cc2N2CCN(CC3CC3)CC2)CC(C)(C)C1.Cl. The summed E-state index contributed by atoms with van der Waals surface area (Å²) in [7, 11) is 0. The van der Waals surface area contributed by atoms with Gasteiger partial charge in [-0.25, -0.2) is 0 Å². The zero-order valence-corrected chi connectivity index (χ0v) is 20.6. The molecule has 4 rings (SSSR count). The summed E-state index contributed by atoms with van der Waals surface area (Å²) in [5.41, 5.74) is 3.55. The zero-order valence-electron chi connectivity index (χ0n) is 19.8. The molecule has 1 aromatic carbocycles. The summed E-state index contributed by atoms with van der Waals surface area (Å²) in [5, 5.41) is 8.93. The maximum Gasteiger partial charge on any atom is 0.174 e. The van der Waals surface area contributed by atoms with Crippen LogP contribution in [0.3, 0.4) is 0 Å². The number of piperazine rings is 1. The number of anilines is 1. The Morgan fingerprint density at radius 1 is 1.03 bits per heavy atom. The summed E-state index contributed by atoms with van der Waals surface area (Å²) in [4.78, 5) is 5.23. The molecule has 2 saturated carbocycles. The van der Waals surface area contributed by atoms with Gasteiger partial charge in [-0.2, -0.15) is 5.26 Å². The second-order valence-electron chi connectivity index (χ2n) is 11.5. The summed E-state index contributed by atoms with van der Waals surface area (Å²) in [6.07, 6.45) is 6.62. The van der Waals surface area contributed by atoms with Gasteiger partial charge in [-0.1, -0.05) is 33.8 Å².